The molecule has 1 saturated heterocycles. The topological polar surface area (TPSA) is 148 Å². The molecular formula is C36H40O12. The van der Waals surface area contributed by atoms with Crippen molar-refractivity contribution in [1.29, 1.82) is 0 Å². The molecule has 4 rings (SSSR count). The first-order valence-electron chi connectivity index (χ1n) is 15.1. The molecular weight excluding hydrogens is 624 g/mol. The fourth-order valence-corrected chi connectivity index (χ4v) is 4.89. The van der Waals surface area contributed by atoms with E-state index in [1.165, 1.54) is 33.5 Å². The summed E-state index contributed by atoms with van der Waals surface area (Å²) in [6.45, 7) is -0.316. The van der Waals surface area contributed by atoms with E-state index in [9.17, 15) is 19.8 Å². The minimum absolute atomic E-state index is 0.0920. The molecule has 12 nitrogen and oxygen atoms in total. The Labute approximate surface area is 279 Å². The van der Waals surface area contributed by atoms with Crippen LogP contribution in [0.2, 0.25) is 0 Å². The van der Waals surface area contributed by atoms with E-state index in [1.807, 2.05) is 36.4 Å². The van der Waals surface area contributed by atoms with E-state index in [0.29, 0.717) is 35.0 Å². The quantitative estimate of drug-likeness (QED) is 0.181. The van der Waals surface area contributed by atoms with E-state index >= 15 is 0 Å². The van der Waals surface area contributed by atoms with Crippen molar-refractivity contribution >= 4 is 24.1 Å². The van der Waals surface area contributed by atoms with Gasteiger partial charge in [0, 0.05) is 12.2 Å². The zero-order chi connectivity index (χ0) is 34.5. The van der Waals surface area contributed by atoms with Crippen LogP contribution in [0.4, 0.5) is 0 Å². The van der Waals surface area contributed by atoms with Gasteiger partial charge in [-0.05, 0) is 59.5 Å². The van der Waals surface area contributed by atoms with E-state index in [4.69, 9.17) is 37.9 Å². The summed E-state index contributed by atoms with van der Waals surface area (Å²) < 4.78 is 43.8. The number of rotatable bonds is 15. The van der Waals surface area contributed by atoms with Gasteiger partial charge < -0.3 is 48.1 Å². The normalized spacial score (nSPS) is 20.8. The molecule has 3 aromatic carbocycles. The fourth-order valence-electron chi connectivity index (χ4n) is 4.89. The summed E-state index contributed by atoms with van der Waals surface area (Å²) in [5.74, 6) is 0.585. The third-order valence-corrected chi connectivity index (χ3v) is 7.43. The van der Waals surface area contributed by atoms with Crippen LogP contribution in [-0.4, -0.2) is 94.5 Å². The molecule has 0 unspecified atom stereocenters. The summed E-state index contributed by atoms with van der Waals surface area (Å²) in [6.07, 6.45) is -1.25. The van der Waals surface area contributed by atoms with Crippen molar-refractivity contribution in [3.05, 3.63) is 95.6 Å². The number of carbonyl (C=O) groups is 2. The van der Waals surface area contributed by atoms with Crippen LogP contribution in [0.15, 0.2) is 78.9 Å². The largest absolute Gasteiger partial charge is 0.493 e. The van der Waals surface area contributed by atoms with Crippen LogP contribution >= 0.6 is 0 Å². The number of esters is 2. The molecule has 0 aromatic heterocycles. The van der Waals surface area contributed by atoms with E-state index in [-0.39, 0.29) is 6.61 Å². The Morgan fingerprint density at radius 2 is 1.35 bits per heavy atom. The zero-order valence-electron chi connectivity index (χ0n) is 27.1. The first-order valence-corrected chi connectivity index (χ1v) is 15.1. The Bertz CT molecular complexity index is 1550. The lowest BCUT2D eigenvalue weighted by Crippen LogP contribution is -2.60. The van der Waals surface area contributed by atoms with Crippen molar-refractivity contribution in [2.45, 2.75) is 37.1 Å². The Morgan fingerprint density at radius 1 is 0.729 bits per heavy atom. The highest BCUT2D eigenvalue weighted by Gasteiger charge is 2.47. The van der Waals surface area contributed by atoms with Crippen LogP contribution in [0.5, 0.6) is 23.0 Å². The number of methoxy groups -OCH3 is 4. The number of hydrogen-bond donors (Lipinski definition) is 2. The summed E-state index contributed by atoms with van der Waals surface area (Å²) in [7, 11) is 6.08. The fraction of sp³-hybridized carbons (Fsp3) is 0.333. The third-order valence-electron chi connectivity index (χ3n) is 7.43. The van der Waals surface area contributed by atoms with Gasteiger partial charge in [-0.2, -0.15) is 0 Å². The Hall–Kier alpha value is -4.88. The van der Waals surface area contributed by atoms with Gasteiger partial charge in [0.05, 0.1) is 35.0 Å². The van der Waals surface area contributed by atoms with Crippen molar-refractivity contribution in [2.75, 3.05) is 41.7 Å². The molecule has 0 amide bonds. The molecule has 5 atom stereocenters. The lowest BCUT2D eigenvalue weighted by Gasteiger charge is -2.41. The number of aliphatic hydroxyl groups excluding tert-OH is 2. The Morgan fingerprint density at radius 3 is 2.04 bits per heavy atom. The number of hydrogen-bond acceptors (Lipinski definition) is 12. The molecule has 0 aliphatic carbocycles. The van der Waals surface area contributed by atoms with Crippen molar-refractivity contribution in [1.82, 2.24) is 0 Å². The van der Waals surface area contributed by atoms with Crippen molar-refractivity contribution in [2.24, 2.45) is 0 Å². The zero-order valence-corrected chi connectivity index (χ0v) is 27.1. The highest BCUT2D eigenvalue weighted by Crippen LogP contribution is 2.30. The second-order valence-electron chi connectivity index (χ2n) is 10.6. The van der Waals surface area contributed by atoms with Crippen molar-refractivity contribution in [3.63, 3.8) is 0 Å². The number of carbonyl (C=O) groups excluding carboxylic acids is 2. The summed E-state index contributed by atoms with van der Waals surface area (Å²) in [4.78, 5) is 25.4. The molecule has 1 fully saturated rings. The van der Waals surface area contributed by atoms with E-state index in [2.05, 4.69) is 0 Å². The lowest BCUT2D eigenvalue weighted by molar-refractivity contribution is -0.303. The minimum atomic E-state index is -1.63. The van der Waals surface area contributed by atoms with Gasteiger partial charge in [0.15, 0.2) is 35.4 Å². The summed E-state index contributed by atoms with van der Waals surface area (Å²) in [5, 5.41) is 22.0. The molecule has 0 bridgehead atoms. The summed E-state index contributed by atoms with van der Waals surface area (Å²) >= 11 is 0. The first-order chi connectivity index (χ1) is 23.3. The molecule has 2 N–H and O–H groups in total. The van der Waals surface area contributed by atoms with Gasteiger partial charge in [0.1, 0.15) is 24.9 Å². The maximum absolute atomic E-state index is 12.9. The maximum Gasteiger partial charge on any atom is 0.331 e. The highest BCUT2D eigenvalue weighted by molar-refractivity contribution is 5.88. The molecule has 1 aliphatic heterocycles. The third kappa shape index (κ3) is 9.81. The molecule has 0 saturated carbocycles. The molecule has 256 valence electrons. The molecule has 0 spiro atoms. The van der Waals surface area contributed by atoms with E-state index in [0.717, 1.165) is 17.2 Å². The van der Waals surface area contributed by atoms with Crippen LogP contribution in [-0.2, 0) is 35.0 Å². The minimum Gasteiger partial charge on any atom is -0.493 e. The second kappa shape index (κ2) is 17.9. The molecule has 1 heterocycles. The molecule has 48 heavy (non-hydrogen) atoms. The Kier molecular flexibility index (Phi) is 13.4. The van der Waals surface area contributed by atoms with Gasteiger partial charge in [0.2, 0.25) is 0 Å². The average molecular weight is 665 g/mol. The SMILES string of the molecule is COc1ccc(C=CC(=O)O[C@H]2[C@H](O)[C@@H](O)[C@H](OCCc3ccc(OC)c(OC)c3)O[C@@H]2COC(=O)C=Cc2ccccc2)cc1OC. The first kappa shape index (κ1) is 36.0. The average Bonchev–Trinajstić information content (AvgIpc) is 3.12. The van der Waals surface area contributed by atoms with Gasteiger partial charge in [0.25, 0.3) is 0 Å². The highest BCUT2D eigenvalue weighted by atomic mass is 16.7. The molecule has 3 aromatic rings. The van der Waals surface area contributed by atoms with Gasteiger partial charge in [-0.25, -0.2) is 9.59 Å². The molecule has 1 aliphatic rings. The van der Waals surface area contributed by atoms with E-state index in [1.54, 1.807) is 43.5 Å². The number of benzene rings is 3. The number of aliphatic hydroxyl groups is 2. The standard InChI is InChI=1S/C36H40O12/c1-41-26-14-10-24(20-28(26)43-3)13-17-32(38)48-35-30(22-46-31(37)16-12-23-8-6-5-7-9-23)47-36(34(40)33(35)39)45-19-18-25-11-15-27(42-2)29(21-25)44-4/h5-17,20-21,30,33-36,39-40H,18-19,22H2,1-4H3/t30-,33-,34-,35-,36-/m1/s1. The smallest absolute Gasteiger partial charge is 0.331 e. The summed E-state index contributed by atoms with van der Waals surface area (Å²) in [5.41, 5.74) is 2.27. The van der Waals surface area contributed by atoms with Crippen LogP contribution in [0.3, 0.4) is 0 Å². The van der Waals surface area contributed by atoms with Crippen molar-refractivity contribution < 1.29 is 57.7 Å². The van der Waals surface area contributed by atoms with Gasteiger partial charge in [-0.15, -0.1) is 0 Å². The van der Waals surface area contributed by atoms with Gasteiger partial charge in [-0.3, -0.25) is 0 Å². The molecule has 12 heteroatoms. The Balaban J connectivity index is 1.44. The molecule has 0 radical (unpaired) electrons. The van der Waals surface area contributed by atoms with Crippen LogP contribution in [0.25, 0.3) is 12.2 Å². The number of ether oxygens (including phenoxy) is 8. The van der Waals surface area contributed by atoms with Gasteiger partial charge >= 0.3 is 11.9 Å². The van der Waals surface area contributed by atoms with Crippen LogP contribution in [0.1, 0.15) is 16.7 Å². The van der Waals surface area contributed by atoms with Crippen LogP contribution in [0, 0.1) is 0 Å². The van der Waals surface area contributed by atoms with Gasteiger partial charge in [-0.1, -0.05) is 42.5 Å². The predicted octanol–water partition coefficient (Wildman–Crippen LogP) is 3.61. The van der Waals surface area contributed by atoms with Crippen LogP contribution < -0.4 is 18.9 Å². The predicted molar refractivity (Wildman–Crippen MR) is 175 cm³/mol. The summed E-state index contributed by atoms with van der Waals surface area (Å²) in [6, 6.07) is 19.6. The maximum atomic E-state index is 12.9. The monoisotopic (exact) mass is 664 g/mol. The second-order valence-corrected chi connectivity index (χ2v) is 10.6. The lowest BCUT2D eigenvalue weighted by atomic mass is 9.99. The van der Waals surface area contributed by atoms with E-state index < -0.39 is 49.3 Å². The van der Waals surface area contributed by atoms with Crippen molar-refractivity contribution in [3.8, 4) is 23.0 Å².